The molecule has 2 aromatic carbocycles. The Morgan fingerprint density at radius 2 is 1.90 bits per heavy atom. The molecule has 2 N–H and O–H groups in total. The van der Waals surface area contributed by atoms with Gasteiger partial charge in [-0.1, -0.05) is 30.3 Å². The molecule has 0 radical (unpaired) electrons. The van der Waals surface area contributed by atoms with Crippen molar-refractivity contribution in [3.8, 4) is 11.1 Å². The summed E-state index contributed by atoms with van der Waals surface area (Å²) in [5, 5.41) is 5.96. The maximum Gasteiger partial charge on any atom is 0.260 e. The van der Waals surface area contributed by atoms with Gasteiger partial charge in [0, 0.05) is 17.0 Å². The first-order valence-electron chi connectivity index (χ1n) is 10.7. The van der Waals surface area contributed by atoms with E-state index < -0.39 is 0 Å². The largest absolute Gasteiger partial charge is 0.309 e. The van der Waals surface area contributed by atoms with E-state index in [1.54, 1.807) is 12.1 Å². The van der Waals surface area contributed by atoms with Gasteiger partial charge in [0.15, 0.2) is 0 Å². The summed E-state index contributed by atoms with van der Waals surface area (Å²) in [5.74, 6) is 0.326. The second-order valence-electron chi connectivity index (χ2n) is 8.19. The van der Waals surface area contributed by atoms with Gasteiger partial charge in [-0.2, -0.15) is 0 Å². The SMILES string of the molecule is C[C@@H](NCc1nc2scc(-c3ccc(F)cc3)c2c(=O)[nH]1)c1ccc2c(c1)CCCC2. The lowest BCUT2D eigenvalue weighted by Crippen LogP contribution is -2.22. The molecule has 4 nitrogen and oxygen atoms in total. The summed E-state index contributed by atoms with van der Waals surface area (Å²) in [4.78, 5) is 21.1. The Balaban J connectivity index is 1.35. The van der Waals surface area contributed by atoms with E-state index in [4.69, 9.17) is 0 Å². The summed E-state index contributed by atoms with van der Waals surface area (Å²) in [6.45, 7) is 2.62. The van der Waals surface area contributed by atoms with Gasteiger partial charge in [0.1, 0.15) is 16.5 Å². The third-order valence-corrected chi connectivity index (χ3v) is 6.97. The standard InChI is InChI=1S/C25H24FN3OS/c1-15(18-7-6-16-4-2-3-5-19(16)12-18)27-13-22-28-24(30)23-21(14-31-25(23)29-22)17-8-10-20(26)11-9-17/h6-12,14-15,27H,2-5,13H2,1H3,(H,28,29,30)/t15-/m1/s1. The topological polar surface area (TPSA) is 57.8 Å². The number of H-pyrrole nitrogens is 1. The van der Waals surface area contributed by atoms with E-state index in [-0.39, 0.29) is 17.4 Å². The molecular formula is C25H24FN3OS. The number of benzene rings is 2. The van der Waals surface area contributed by atoms with Gasteiger partial charge < -0.3 is 10.3 Å². The highest BCUT2D eigenvalue weighted by molar-refractivity contribution is 7.17. The zero-order chi connectivity index (χ0) is 21.4. The number of aryl methyl sites for hydroxylation is 2. The minimum Gasteiger partial charge on any atom is -0.309 e. The number of rotatable bonds is 5. The van der Waals surface area contributed by atoms with Crippen LogP contribution in [0.15, 0.2) is 52.6 Å². The van der Waals surface area contributed by atoms with E-state index in [9.17, 15) is 9.18 Å². The molecule has 0 saturated heterocycles. The second kappa shape index (κ2) is 8.36. The molecular weight excluding hydrogens is 409 g/mol. The van der Waals surface area contributed by atoms with E-state index in [1.807, 2.05) is 5.38 Å². The third-order valence-electron chi connectivity index (χ3n) is 6.10. The van der Waals surface area contributed by atoms with Gasteiger partial charge in [0.25, 0.3) is 5.56 Å². The number of fused-ring (bicyclic) bond motifs is 2. The zero-order valence-electron chi connectivity index (χ0n) is 17.4. The van der Waals surface area contributed by atoms with Gasteiger partial charge in [0.05, 0.1) is 11.9 Å². The van der Waals surface area contributed by atoms with Crippen LogP contribution in [-0.2, 0) is 19.4 Å². The van der Waals surface area contributed by atoms with Crippen molar-refractivity contribution in [3.63, 3.8) is 0 Å². The van der Waals surface area contributed by atoms with Crippen molar-refractivity contribution in [3.05, 3.63) is 86.5 Å². The minimum absolute atomic E-state index is 0.159. The van der Waals surface area contributed by atoms with Crippen LogP contribution in [0.3, 0.4) is 0 Å². The van der Waals surface area contributed by atoms with Crippen molar-refractivity contribution in [2.45, 2.75) is 45.2 Å². The van der Waals surface area contributed by atoms with Crippen molar-refractivity contribution < 1.29 is 4.39 Å². The molecule has 0 amide bonds. The lowest BCUT2D eigenvalue weighted by molar-refractivity contribution is 0.558. The van der Waals surface area contributed by atoms with Crippen LogP contribution in [0, 0.1) is 5.82 Å². The molecule has 6 heteroatoms. The van der Waals surface area contributed by atoms with E-state index in [1.165, 1.54) is 59.4 Å². The fraction of sp³-hybridized carbons (Fsp3) is 0.280. The zero-order valence-corrected chi connectivity index (χ0v) is 18.2. The maximum atomic E-state index is 13.2. The number of hydrogen-bond donors (Lipinski definition) is 2. The summed E-state index contributed by atoms with van der Waals surface area (Å²) in [5.41, 5.74) is 5.65. The molecule has 5 rings (SSSR count). The first-order chi connectivity index (χ1) is 15.1. The Morgan fingerprint density at radius 3 is 2.71 bits per heavy atom. The Hall–Kier alpha value is -2.83. The van der Waals surface area contributed by atoms with Crippen molar-refractivity contribution in [1.29, 1.82) is 0 Å². The molecule has 0 bridgehead atoms. The number of nitrogens with one attached hydrogen (secondary N) is 2. The molecule has 0 saturated carbocycles. The number of halogens is 1. The molecule has 0 fully saturated rings. The van der Waals surface area contributed by atoms with Gasteiger partial charge in [0.2, 0.25) is 0 Å². The van der Waals surface area contributed by atoms with Crippen LogP contribution in [0.1, 0.15) is 48.3 Å². The summed E-state index contributed by atoms with van der Waals surface area (Å²) in [7, 11) is 0. The van der Waals surface area contributed by atoms with Crippen LogP contribution in [0.5, 0.6) is 0 Å². The molecule has 0 unspecified atom stereocenters. The average Bonchev–Trinajstić information content (AvgIpc) is 3.22. The number of thiophene rings is 1. The number of hydrogen-bond acceptors (Lipinski definition) is 4. The highest BCUT2D eigenvalue weighted by Crippen LogP contribution is 2.31. The van der Waals surface area contributed by atoms with Crippen molar-refractivity contribution in [2.24, 2.45) is 0 Å². The fourth-order valence-electron chi connectivity index (χ4n) is 4.31. The molecule has 0 aliphatic heterocycles. The first-order valence-corrected chi connectivity index (χ1v) is 11.6. The second-order valence-corrected chi connectivity index (χ2v) is 9.04. The lowest BCUT2D eigenvalue weighted by Gasteiger charge is -2.20. The Kier molecular flexibility index (Phi) is 5.42. The summed E-state index contributed by atoms with van der Waals surface area (Å²) >= 11 is 1.43. The van der Waals surface area contributed by atoms with Crippen LogP contribution in [0.4, 0.5) is 4.39 Å². The minimum atomic E-state index is -0.295. The summed E-state index contributed by atoms with van der Waals surface area (Å²) in [6, 6.07) is 13.1. The molecule has 1 aliphatic carbocycles. The van der Waals surface area contributed by atoms with Crippen LogP contribution >= 0.6 is 11.3 Å². The normalized spacial score (nSPS) is 14.5. The first kappa shape index (κ1) is 20.1. The predicted molar refractivity (Wildman–Crippen MR) is 124 cm³/mol. The van der Waals surface area contributed by atoms with Gasteiger partial charge in [-0.3, -0.25) is 4.79 Å². The van der Waals surface area contributed by atoms with Crippen LogP contribution in [0.2, 0.25) is 0 Å². The quantitative estimate of drug-likeness (QED) is 0.436. The molecule has 0 spiro atoms. The molecule has 158 valence electrons. The number of nitrogens with zero attached hydrogens (tertiary/aromatic N) is 1. The smallest absolute Gasteiger partial charge is 0.260 e. The molecule has 2 aromatic heterocycles. The van der Waals surface area contributed by atoms with Gasteiger partial charge in [-0.05, 0) is 67.0 Å². The Bertz CT molecular complexity index is 1290. The number of aromatic amines is 1. The Labute approximate surface area is 184 Å². The lowest BCUT2D eigenvalue weighted by atomic mass is 9.89. The molecule has 1 atom stereocenters. The highest BCUT2D eigenvalue weighted by atomic mass is 32.1. The summed E-state index contributed by atoms with van der Waals surface area (Å²) < 4.78 is 13.2. The van der Waals surface area contributed by atoms with Gasteiger partial charge in [-0.15, -0.1) is 11.3 Å². The molecule has 4 aromatic rings. The van der Waals surface area contributed by atoms with Crippen molar-refractivity contribution in [1.82, 2.24) is 15.3 Å². The average molecular weight is 434 g/mol. The van der Waals surface area contributed by atoms with E-state index in [2.05, 4.69) is 40.4 Å². The van der Waals surface area contributed by atoms with E-state index >= 15 is 0 Å². The van der Waals surface area contributed by atoms with Gasteiger partial charge >= 0.3 is 0 Å². The molecule has 1 aliphatic rings. The molecule has 2 heterocycles. The fourth-order valence-corrected chi connectivity index (χ4v) is 5.28. The Morgan fingerprint density at radius 1 is 1.13 bits per heavy atom. The summed E-state index contributed by atoms with van der Waals surface area (Å²) in [6.07, 6.45) is 4.90. The van der Waals surface area contributed by atoms with Crippen LogP contribution < -0.4 is 10.9 Å². The van der Waals surface area contributed by atoms with E-state index in [0.717, 1.165) is 17.5 Å². The van der Waals surface area contributed by atoms with Crippen molar-refractivity contribution in [2.75, 3.05) is 0 Å². The molecule has 31 heavy (non-hydrogen) atoms. The van der Waals surface area contributed by atoms with Crippen LogP contribution in [0.25, 0.3) is 21.3 Å². The van der Waals surface area contributed by atoms with Crippen molar-refractivity contribution >= 4 is 21.6 Å². The third kappa shape index (κ3) is 4.05. The maximum absolute atomic E-state index is 13.2. The predicted octanol–water partition coefficient (Wildman–Crippen LogP) is 5.52. The van der Waals surface area contributed by atoms with Gasteiger partial charge in [-0.25, -0.2) is 9.37 Å². The highest BCUT2D eigenvalue weighted by Gasteiger charge is 2.15. The van der Waals surface area contributed by atoms with Crippen LogP contribution in [-0.4, -0.2) is 9.97 Å². The van der Waals surface area contributed by atoms with E-state index in [0.29, 0.717) is 22.6 Å². The monoisotopic (exact) mass is 433 g/mol. The number of aromatic nitrogens is 2.